The third kappa shape index (κ3) is 4.22. The van der Waals surface area contributed by atoms with Gasteiger partial charge in [0.1, 0.15) is 5.75 Å². The van der Waals surface area contributed by atoms with Crippen LogP contribution in [0, 0.1) is 5.92 Å². The predicted octanol–water partition coefficient (Wildman–Crippen LogP) is 1.92. The molecule has 0 saturated carbocycles. The highest BCUT2D eigenvalue weighted by molar-refractivity contribution is 6.07. The number of amides is 2. The zero-order valence-electron chi connectivity index (χ0n) is 12.3. The molecule has 1 fully saturated rings. The summed E-state index contributed by atoms with van der Waals surface area (Å²) in [5, 5.41) is 12.7. The maximum Gasteiger partial charge on any atom is 0.471 e. The van der Waals surface area contributed by atoms with Crippen molar-refractivity contribution >= 4 is 11.8 Å². The van der Waals surface area contributed by atoms with E-state index in [4.69, 9.17) is 0 Å². The molecule has 0 aromatic heterocycles. The van der Waals surface area contributed by atoms with Gasteiger partial charge in [-0.15, -0.1) is 0 Å². The number of carbonyl (C=O) groups excluding carboxylic acids is 2. The maximum atomic E-state index is 12.8. The Morgan fingerprint density at radius 3 is 2.39 bits per heavy atom. The Morgan fingerprint density at radius 2 is 1.83 bits per heavy atom. The monoisotopic (exact) mass is 330 g/mol. The molecular weight excluding hydrogens is 313 g/mol. The number of rotatable bonds is 3. The first-order valence-corrected chi connectivity index (χ1v) is 7.22. The summed E-state index contributed by atoms with van der Waals surface area (Å²) in [6, 6.07) is 5.23. The van der Waals surface area contributed by atoms with Gasteiger partial charge in [-0.05, 0) is 44.0 Å². The summed E-state index contributed by atoms with van der Waals surface area (Å²) in [4.78, 5) is 24.2. The van der Waals surface area contributed by atoms with E-state index in [1.165, 1.54) is 24.3 Å². The number of benzene rings is 1. The SMILES string of the molecule is O=C(c1ccccc1O)N(CC1CCNCC1)C(=O)C(F)(F)F. The highest BCUT2D eigenvalue weighted by Gasteiger charge is 2.45. The standard InChI is InChI=1S/C15H17F3N2O3/c16-15(17,18)14(23)20(9-10-5-7-19-8-6-10)13(22)11-3-1-2-4-12(11)21/h1-4,10,19,21H,5-9H2. The molecule has 1 aromatic carbocycles. The van der Waals surface area contributed by atoms with Gasteiger partial charge in [0.25, 0.3) is 5.91 Å². The second kappa shape index (κ2) is 6.99. The summed E-state index contributed by atoms with van der Waals surface area (Å²) >= 11 is 0. The van der Waals surface area contributed by atoms with Crippen LogP contribution in [0.5, 0.6) is 5.75 Å². The Labute approximate surface area is 131 Å². The van der Waals surface area contributed by atoms with E-state index in [-0.39, 0.29) is 22.9 Å². The normalized spacial score (nSPS) is 16.1. The van der Waals surface area contributed by atoms with Gasteiger partial charge in [-0.3, -0.25) is 14.5 Å². The van der Waals surface area contributed by atoms with Crippen LogP contribution >= 0.6 is 0 Å². The number of halogens is 3. The molecule has 5 nitrogen and oxygen atoms in total. The van der Waals surface area contributed by atoms with E-state index < -0.39 is 23.7 Å². The lowest BCUT2D eigenvalue weighted by molar-refractivity contribution is -0.183. The van der Waals surface area contributed by atoms with Crippen LogP contribution in [0.15, 0.2) is 24.3 Å². The molecule has 1 aliphatic heterocycles. The van der Waals surface area contributed by atoms with Crippen LogP contribution in [0.1, 0.15) is 23.2 Å². The van der Waals surface area contributed by atoms with E-state index in [0.29, 0.717) is 25.9 Å². The van der Waals surface area contributed by atoms with Crippen molar-refractivity contribution in [2.24, 2.45) is 5.92 Å². The molecule has 0 unspecified atom stereocenters. The molecule has 0 atom stereocenters. The fourth-order valence-electron chi connectivity index (χ4n) is 2.53. The Bertz CT molecular complexity index is 584. The molecule has 1 heterocycles. The number of nitrogens with one attached hydrogen (secondary N) is 1. The van der Waals surface area contributed by atoms with Crippen LogP contribution in [0.4, 0.5) is 13.2 Å². The number of hydrogen-bond donors (Lipinski definition) is 2. The van der Waals surface area contributed by atoms with Crippen LogP contribution in [0.2, 0.25) is 0 Å². The van der Waals surface area contributed by atoms with Crippen LogP contribution in [0.25, 0.3) is 0 Å². The van der Waals surface area contributed by atoms with Crippen LogP contribution < -0.4 is 5.32 Å². The number of hydrogen-bond acceptors (Lipinski definition) is 4. The number of imide groups is 1. The van der Waals surface area contributed by atoms with Crippen molar-refractivity contribution < 1.29 is 27.9 Å². The van der Waals surface area contributed by atoms with Crippen LogP contribution in [-0.2, 0) is 4.79 Å². The van der Waals surface area contributed by atoms with Crippen LogP contribution in [-0.4, -0.2) is 47.6 Å². The van der Waals surface area contributed by atoms with E-state index >= 15 is 0 Å². The number of piperidine rings is 1. The Balaban J connectivity index is 2.27. The fraction of sp³-hybridized carbons (Fsp3) is 0.467. The Kier molecular flexibility index (Phi) is 5.25. The minimum atomic E-state index is -5.15. The average Bonchev–Trinajstić information content (AvgIpc) is 2.52. The largest absolute Gasteiger partial charge is 0.507 e. The van der Waals surface area contributed by atoms with Gasteiger partial charge in [-0.25, -0.2) is 0 Å². The molecule has 2 amide bonds. The molecule has 1 aromatic rings. The lowest BCUT2D eigenvalue weighted by Crippen LogP contribution is -2.48. The zero-order chi connectivity index (χ0) is 17.0. The fourth-order valence-corrected chi connectivity index (χ4v) is 2.53. The van der Waals surface area contributed by atoms with Gasteiger partial charge in [0.05, 0.1) is 5.56 Å². The molecule has 2 rings (SSSR count). The molecule has 0 aliphatic carbocycles. The van der Waals surface area contributed by atoms with Gasteiger partial charge in [-0.2, -0.15) is 13.2 Å². The van der Waals surface area contributed by atoms with Gasteiger partial charge < -0.3 is 10.4 Å². The highest BCUT2D eigenvalue weighted by atomic mass is 19.4. The van der Waals surface area contributed by atoms with Gasteiger partial charge in [-0.1, -0.05) is 12.1 Å². The van der Waals surface area contributed by atoms with Crippen molar-refractivity contribution in [1.82, 2.24) is 10.2 Å². The summed E-state index contributed by atoms with van der Waals surface area (Å²) in [6.45, 7) is 0.945. The molecular formula is C15H17F3N2O3. The molecule has 0 bridgehead atoms. The number of phenols is 1. The second-order valence-electron chi connectivity index (χ2n) is 5.43. The van der Waals surface area contributed by atoms with Gasteiger partial charge in [0.15, 0.2) is 0 Å². The molecule has 1 aliphatic rings. The first kappa shape index (κ1) is 17.3. The Morgan fingerprint density at radius 1 is 1.22 bits per heavy atom. The molecule has 2 N–H and O–H groups in total. The number of carbonyl (C=O) groups is 2. The highest BCUT2D eigenvalue weighted by Crippen LogP contribution is 2.25. The third-order valence-electron chi connectivity index (χ3n) is 3.77. The van der Waals surface area contributed by atoms with Crippen LogP contribution in [0.3, 0.4) is 0 Å². The summed E-state index contributed by atoms with van der Waals surface area (Å²) in [6.07, 6.45) is -3.99. The second-order valence-corrected chi connectivity index (χ2v) is 5.43. The minimum Gasteiger partial charge on any atom is -0.507 e. The van der Waals surface area contributed by atoms with E-state index in [9.17, 15) is 27.9 Å². The number of nitrogens with zero attached hydrogens (tertiary/aromatic N) is 1. The lowest BCUT2D eigenvalue weighted by atomic mass is 9.97. The lowest BCUT2D eigenvalue weighted by Gasteiger charge is -2.29. The van der Waals surface area contributed by atoms with Gasteiger partial charge in [0.2, 0.25) is 0 Å². The van der Waals surface area contributed by atoms with E-state index in [0.717, 1.165) is 0 Å². The number of alkyl halides is 3. The van der Waals surface area contributed by atoms with Crippen molar-refractivity contribution in [2.75, 3.05) is 19.6 Å². The number of para-hydroxylation sites is 1. The number of phenolic OH excluding ortho intramolecular Hbond substituents is 1. The van der Waals surface area contributed by atoms with E-state index in [1.54, 1.807) is 0 Å². The van der Waals surface area contributed by atoms with Crippen molar-refractivity contribution in [3.8, 4) is 5.75 Å². The molecule has 126 valence electrons. The van der Waals surface area contributed by atoms with E-state index in [2.05, 4.69) is 5.32 Å². The molecule has 1 saturated heterocycles. The van der Waals surface area contributed by atoms with Crippen molar-refractivity contribution in [3.05, 3.63) is 29.8 Å². The summed E-state index contributed by atoms with van der Waals surface area (Å²) in [7, 11) is 0. The smallest absolute Gasteiger partial charge is 0.471 e. The predicted molar refractivity (Wildman–Crippen MR) is 75.8 cm³/mol. The summed E-state index contributed by atoms with van der Waals surface area (Å²) < 4.78 is 38.4. The topological polar surface area (TPSA) is 69.6 Å². The van der Waals surface area contributed by atoms with Gasteiger partial charge in [0, 0.05) is 6.54 Å². The van der Waals surface area contributed by atoms with E-state index in [1.807, 2.05) is 0 Å². The average molecular weight is 330 g/mol. The molecule has 8 heteroatoms. The summed E-state index contributed by atoms with van der Waals surface area (Å²) in [5.41, 5.74) is -0.320. The minimum absolute atomic E-state index is 0.197. The molecule has 0 spiro atoms. The Hall–Kier alpha value is -2.09. The maximum absolute atomic E-state index is 12.8. The summed E-state index contributed by atoms with van der Waals surface area (Å²) in [5.74, 6) is -3.99. The number of aromatic hydroxyl groups is 1. The molecule has 23 heavy (non-hydrogen) atoms. The third-order valence-corrected chi connectivity index (χ3v) is 3.77. The molecule has 0 radical (unpaired) electrons. The quantitative estimate of drug-likeness (QED) is 0.888. The first-order chi connectivity index (χ1) is 10.8. The van der Waals surface area contributed by atoms with Crippen molar-refractivity contribution in [1.29, 1.82) is 0 Å². The van der Waals surface area contributed by atoms with Gasteiger partial charge >= 0.3 is 12.1 Å². The van der Waals surface area contributed by atoms with Crippen molar-refractivity contribution in [3.63, 3.8) is 0 Å². The first-order valence-electron chi connectivity index (χ1n) is 7.22. The zero-order valence-corrected chi connectivity index (χ0v) is 12.3. The van der Waals surface area contributed by atoms with Crippen molar-refractivity contribution in [2.45, 2.75) is 19.0 Å².